The first-order valence-electron chi connectivity index (χ1n) is 11.1. The van der Waals surface area contributed by atoms with Gasteiger partial charge in [-0.25, -0.2) is 0 Å². The fraction of sp³-hybridized carbons (Fsp3) is 1.00. The van der Waals surface area contributed by atoms with E-state index in [2.05, 4.69) is 41.5 Å². The lowest BCUT2D eigenvalue weighted by atomic mass is 9.28. The van der Waals surface area contributed by atoms with Gasteiger partial charge in [0.15, 0.2) is 0 Å². The molecule has 0 N–H and O–H groups in total. The summed E-state index contributed by atoms with van der Waals surface area (Å²) < 4.78 is 68.9. The summed E-state index contributed by atoms with van der Waals surface area (Å²) in [6, 6.07) is 0. The van der Waals surface area contributed by atoms with Gasteiger partial charge < -0.3 is 4.10 Å². The fourth-order valence-electron chi connectivity index (χ4n) is 7.91. The van der Waals surface area contributed by atoms with Crippen LogP contribution in [0.1, 0.15) is 67.2 Å². The Morgan fingerprint density at radius 1 is 0.828 bits per heavy atom. The minimum absolute atomic E-state index is 0.128. The Bertz CT molecular complexity index is 737. The van der Waals surface area contributed by atoms with Crippen LogP contribution in [0.5, 0.6) is 0 Å². The largest absolute Gasteiger partial charge is 0.521 e. The van der Waals surface area contributed by atoms with Gasteiger partial charge in [-0.2, -0.15) is 21.6 Å². The molecule has 0 heterocycles. The Kier molecular flexibility index (Phi) is 4.85. The molecule has 8 atom stereocenters. The van der Waals surface area contributed by atoms with Crippen molar-refractivity contribution >= 4 is 17.0 Å². The summed E-state index contributed by atoms with van der Waals surface area (Å²) in [6.07, 6.45) is 3.74. The molecule has 8 heteroatoms. The summed E-state index contributed by atoms with van der Waals surface area (Å²) in [6.45, 7) is 12.3. The molecular weight excluding hydrogens is 400 g/mol. The van der Waals surface area contributed by atoms with E-state index >= 15 is 0 Å². The van der Waals surface area contributed by atoms with Crippen molar-refractivity contribution in [2.75, 3.05) is 0 Å². The van der Waals surface area contributed by atoms with E-state index in [0.29, 0.717) is 23.7 Å². The van der Waals surface area contributed by atoms with Crippen LogP contribution in [0.25, 0.3) is 0 Å². The van der Waals surface area contributed by atoms with Crippen LogP contribution in [0, 0.1) is 46.3 Å². The van der Waals surface area contributed by atoms with Crippen molar-refractivity contribution in [3.8, 4) is 0 Å². The molecule has 6 aliphatic carbocycles. The van der Waals surface area contributed by atoms with Crippen molar-refractivity contribution in [2.24, 2.45) is 46.3 Å². The average molecular weight is 434 g/mol. The van der Waals surface area contributed by atoms with Crippen LogP contribution in [0.2, 0.25) is 11.6 Å². The van der Waals surface area contributed by atoms with Crippen LogP contribution in [-0.2, 0) is 14.2 Å². The molecular formula is C21H34BF3O3S. The number of alkyl halides is 3. The lowest BCUT2D eigenvalue weighted by Crippen LogP contribution is -2.60. The van der Waals surface area contributed by atoms with E-state index in [4.69, 9.17) is 4.10 Å². The summed E-state index contributed by atoms with van der Waals surface area (Å²) in [5, 5.41) is 0. The number of fused-ring (bicyclic) bond motifs is 4. The highest BCUT2D eigenvalue weighted by atomic mass is 32.2. The third-order valence-corrected chi connectivity index (χ3v) is 11.2. The predicted molar refractivity (Wildman–Crippen MR) is 108 cm³/mol. The van der Waals surface area contributed by atoms with Crippen molar-refractivity contribution < 1.29 is 25.7 Å². The smallest absolute Gasteiger partial charge is 0.326 e. The number of rotatable bonds is 4. The lowest BCUT2D eigenvalue weighted by Gasteiger charge is -2.65. The molecule has 166 valence electrons. The molecule has 6 fully saturated rings. The van der Waals surface area contributed by atoms with Gasteiger partial charge >= 0.3 is 22.5 Å². The van der Waals surface area contributed by atoms with Gasteiger partial charge in [0.1, 0.15) is 0 Å². The van der Waals surface area contributed by atoms with Gasteiger partial charge in [0.05, 0.1) is 0 Å². The normalized spacial score (nSPS) is 45.1. The maximum atomic E-state index is 13.2. The summed E-state index contributed by atoms with van der Waals surface area (Å²) >= 11 is 0. The molecule has 0 aromatic rings. The maximum absolute atomic E-state index is 13.2. The zero-order chi connectivity index (χ0) is 21.7. The van der Waals surface area contributed by atoms with E-state index < -0.39 is 22.5 Å². The molecule has 0 spiro atoms. The zero-order valence-electron chi connectivity index (χ0n) is 18.3. The highest BCUT2D eigenvalue weighted by Gasteiger charge is 2.65. The van der Waals surface area contributed by atoms with E-state index in [0.717, 1.165) is 25.7 Å². The van der Waals surface area contributed by atoms with Gasteiger partial charge in [-0.3, -0.25) is 0 Å². The molecule has 0 radical (unpaired) electrons. The Balaban J connectivity index is 1.65. The molecule has 29 heavy (non-hydrogen) atoms. The van der Waals surface area contributed by atoms with E-state index in [-0.39, 0.29) is 34.3 Å². The molecule has 6 saturated carbocycles. The van der Waals surface area contributed by atoms with Crippen molar-refractivity contribution in [2.45, 2.75) is 84.4 Å². The second kappa shape index (κ2) is 6.40. The molecule has 0 aromatic carbocycles. The van der Waals surface area contributed by atoms with Gasteiger partial charge in [0.25, 0.3) is 0 Å². The number of halogens is 3. The standard InChI is InChI=1S/C21H34BF3O3S/c1-11-15-7-13(19(15,3)4)9-17(11)22(28-29(26,27)21(23,24)25)18-10-14-8-16(12(18)2)20(14,5)6/h11-18H,7-10H2,1-6H3/t11-,12-,13-,14-,15+,16+,17-,18-/m1/s1. The molecule has 0 aliphatic heterocycles. The Labute approximate surface area is 173 Å². The predicted octanol–water partition coefficient (Wildman–Crippen LogP) is 5.99. The maximum Gasteiger partial charge on any atom is 0.521 e. The van der Waals surface area contributed by atoms with E-state index in [9.17, 15) is 21.6 Å². The molecule has 0 aromatic heterocycles. The van der Waals surface area contributed by atoms with Crippen LogP contribution in [0.3, 0.4) is 0 Å². The van der Waals surface area contributed by atoms with Crippen molar-refractivity contribution in [1.29, 1.82) is 0 Å². The van der Waals surface area contributed by atoms with Gasteiger partial charge in [-0.15, -0.1) is 0 Å². The molecule has 4 bridgehead atoms. The first kappa shape index (κ1) is 22.0. The van der Waals surface area contributed by atoms with Gasteiger partial charge in [0.2, 0.25) is 0 Å². The molecule has 3 nitrogen and oxygen atoms in total. The first-order valence-corrected chi connectivity index (χ1v) is 12.5. The number of hydrogen-bond donors (Lipinski definition) is 0. The minimum atomic E-state index is -5.61. The topological polar surface area (TPSA) is 43.4 Å². The quantitative estimate of drug-likeness (QED) is 0.403. The second-order valence-electron chi connectivity index (χ2n) is 11.7. The summed E-state index contributed by atoms with van der Waals surface area (Å²) in [7, 11) is -5.61. The highest BCUT2D eigenvalue weighted by molar-refractivity contribution is 7.88. The van der Waals surface area contributed by atoms with Crippen molar-refractivity contribution in [3.63, 3.8) is 0 Å². The highest BCUT2D eigenvalue weighted by Crippen LogP contribution is 2.69. The average Bonchev–Trinajstić information content (AvgIpc) is 2.58. The van der Waals surface area contributed by atoms with E-state index in [1.807, 2.05) is 0 Å². The summed E-state index contributed by atoms with van der Waals surface area (Å²) in [5.41, 5.74) is -5.00. The lowest BCUT2D eigenvalue weighted by molar-refractivity contribution is -0.110. The van der Waals surface area contributed by atoms with Crippen LogP contribution >= 0.6 is 0 Å². The SMILES string of the molecule is C[C@H]1[C@H](B(OS(=O)(=O)C(F)(F)F)[C@@H]2C[C@H]3C[C@@H]([C@H]2C)C3(C)C)C[C@H]2C[C@@H]1C2(C)C. The molecule has 6 aliphatic rings. The summed E-state index contributed by atoms with van der Waals surface area (Å²) in [5.74, 6) is 1.82. The van der Waals surface area contributed by atoms with Crippen molar-refractivity contribution in [3.05, 3.63) is 0 Å². The molecule has 0 amide bonds. The summed E-state index contributed by atoms with van der Waals surface area (Å²) in [4.78, 5) is 0. The Morgan fingerprint density at radius 2 is 1.21 bits per heavy atom. The third-order valence-electron chi connectivity index (χ3n) is 10.2. The number of hydrogen-bond acceptors (Lipinski definition) is 3. The second-order valence-corrected chi connectivity index (χ2v) is 13.3. The molecule has 6 rings (SSSR count). The Morgan fingerprint density at radius 3 is 1.48 bits per heavy atom. The monoisotopic (exact) mass is 434 g/mol. The van der Waals surface area contributed by atoms with Crippen LogP contribution in [-0.4, -0.2) is 20.8 Å². The van der Waals surface area contributed by atoms with Crippen LogP contribution in [0.4, 0.5) is 13.2 Å². The van der Waals surface area contributed by atoms with Gasteiger partial charge in [-0.05, 0) is 70.8 Å². The van der Waals surface area contributed by atoms with Gasteiger partial charge in [-0.1, -0.05) is 54.4 Å². The minimum Gasteiger partial charge on any atom is -0.326 e. The van der Waals surface area contributed by atoms with E-state index in [1.54, 1.807) is 0 Å². The van der Waals surface area contributed by atoms with Crippen LogP contribution in [0.15, 0.2) is 0 Å². The molecule has 0 saturated heterocycles. The van der Waals surface area contributed by atoms with Crippen LogP contribution < -0.4 is 0 Å². The fourth-order valence-corrected chi connectivity index (χ4v) is 8.59. The van der Waals surface area contributed by atoms with Crippen molar-refractivity contribution in [1.82, 2.24) is 0 Å². The Hall–Kier alpha value is -0.235. The first-order chi connectivity index (χ1) is 13.1. The zero-order valence-corrected chi connectivity index (χ0v) is 19.1. The molecule has 0 unspecified atom stereocenters. The third kappa shape index (κ3) is 3.05. The van der Waals surface area contributed by atoms with Gasteiger partial charge in [0, 0.05) is 0 Å². The van der Waals surface area contributed by atoms with E-state index in [1.165, 1.54) is 0 Å².